The molecule has 2 rings (SSSR count). The molecule has 0 aromatic carbocycles. The van der Waals surface area contributed by atoms with Gasteiger partial charge >= 0.3 is 0 Å². The van der Waals surface area contributed by atoms with Gasteiger partial charge in [0.05, 0.1) is 15.0 Å². The molecule has 0 bridgehead atoms. The summed E-state index contributed by atoms with van der Waals surface area (Å²) in [5.74, 6) is 0.117. The van der Waals surface area contributed by atoms with Gasteiger partial charge in [-0.25, -0.2) is 0 Å². The van der Waals surface area contributed by atoms with Crippen LogP contribution < -0.4 is 5.32 Å². The van der Waals surface area contributed by atoms with E-state index in [2.05, 4.69) is 32.8 Å². The molecule has 0 spiro atoms. The quantitative estimate of drug-likeness (QED) is 0.776. The predicted molar refractivity (Wildman–Crippen MR) is 83.4 cm³/mol. The smallest absolute Gasteiger partial charge is 0.254 e. The van der Waals surface area contributed by atoms with Crippen LogP contribution in [0.1, 0.15) is 10.4 Å². The Bertz CT molecular complexity index is 469. The number of hydrogen-bond donors (Lipinski definition) is 1. The minimum absolute atomic E-state index is 0.0205. The van der Waals surface area contributed by atoms with Crippen LogP contribution in [0.2, 0.25) is 0 Å². The van der Waals surface area contributed by atoms with Gasteiger partial charge in [-0.3, -0.25) is 14.5 Å². The van der Waals surface area contributed by atoms with E-state index in [1.807, 2.05) is 16.3 Å². The highest BCUT2D eigenvalue weighted by molar-refractivity contribution is 14.1. The minimum atomic E-state index is 0.0205. The third-order valence-corrected chi connectivity index (χ3v) is 4.91. The van der Waals surface area contributed by atoms with E-state index in [0.29, 0.717) is 19.6 Å². The van der Waals surface area contributed by atoms with Gasteiger partial charge < -0.3 is 10.2 Å². The monoisotopic (exact) mass is 393 g/mol. The average molecular weight is 393 g/mol. The maximum absolute atomic E-state index is 12.2. The summed E-state index contributed by atoms with van der Waals surface area (Å²) in [6.07, 6.45) is 0. The molecule has 7 heteroatoms. The number of thiophene rings is 1. The Hall–Kier alpha value is -0.670. The number of rotatable bonds is 3. The summed E-state index contributed by atoms with van der Waals surface area (Å²) in [6.45, 7) is 3.28. The molecule has 104 valence electrons. The molecule has 1 fully saturated rings. The Kier molecular flexibility index (Phi) is 5.17. The van der Waals surface area contributed by atoms with E-state index in [1.165, 1.54) is 0 Å². The number of nitrogens with one attached hydrogen (secondary N) is 1. The Morgan fingerprint density at radius 1 is 1.37 bits per heavy atom. The molecule has 2 amide bonds. The van der Waals surface area contributed by atoms with Crippen LogP contribution in [0, 0.1) is 2.88 Å². The largest absolute Gasteiger partial charge is 0.358 e. The molecule has 1 aliphatic heterocycles. The van der Waals surface area contributed by atoms with Gasteiger partial charge in [0.25, 0.3) is 5.91 Å². The molecule has 1 aromatic heterocycles. The molecule has 1 aromatic rings. The van der Waals surface area contributed by atoms with Crippen LogP contribution in [0.3, 0.4) is 0 Å². The molecule has 0 atom stereocenters. The van der Waals surface area contributed by atoms with Gasteiger partial charge in [0, 0.05) is 38.6 Å². The van der Waals surface area contributed by atoms with Crippen LogP contribution in [0.4, 0.5) is 0 Å². The topological polar surface area (TPSA) is 52.7 Å². The molecule has 5 nitrogen and oxygen atoms in total. The van der Waals surface area contributed by atoms with Crippen LogP contribution in [-0.2, 0) is 4.79 Å². The van der Waals surface area contributed by atoms with Crippen molar-refractivity contribution in [3.8, 4) is 0 Å². The maximum atomic E-state index is 12.2. The first-order valence-electron chi connectivity index (χ1n) is 6.06. The summed E-state index contributed by atoms with van der Waals surface area (Å²) in [7, 11) is 1.64. The van der Waals surface area contributed by atoms with E-state index in [4.69, 9.17) is 0 Å². The zero-order valence-corrected chi connectivity index (χ0v) is 13.7. The van der Waals surface area contributed by atoms with Gasteiger partial charge in [0.1, 0.15) is 0 Å². The third-order valence-electron chi connectivity index (χ3n) is 3.12. The summed E-state index contributed by atoms with van der Waals surface area (Å²) in [4.78, 5) is 27.4. The summed E-state index contributed by atoms with van der Waals surface area (Å²) in [5.41, 5.74) is 0.772. The van der Waals surface area contributed by atoms with Crippen LogP contribution in [0.25, 0.3) is 0 Å². The van der Waals surface area contributed by atoms with Crippen LogP contribution in [0.15, 0.2) is 11.4 Å². The first-order chi connectivity index (χ1) is 9.10. The predicted octanol–water partition coefficient (Wildman–Crippen LogP) is 0.857. The summed E-state index contributed by atoms with van der Waals surface area (Å²) < 4.78 is 1.12. The molecular weight excluding hydrogens is 377 g/mol. The second-order valence-electron chi connectivity index (χ2n) is 4.38. The van der Waals surface area contributed by atoms with Crippen molar-refractivity contribution in [2.45, 2.75) is 0 Å². The van der Waals surface area contributed by atoms with Crippen molar-refractivity contribution in [2.24, 2.45) is 0 Å². The molecule has 1 aliphatic rings. The molecule has 1 N–H and O–H groups in total. The highest BCUT2D eigenvalue weighted by Crippen LogP contribution is 2.18. The van der Waals surface area contributed by atoms with Crippen molar-refractivity contribution in [3.05, 3.63) is 19.9 Å². The van der Waals surface area contributed by atoms with Crippen molar-refractivity contribution in [2.75, 3.05) is 39.8 Å². The van der Waals surface area contributed by atoms with Crippen LogP contribution in [0.5, 0.6) is 0 Å². The molecule has 0 unspecified atom stereocenters. The lowest BCUT2D eigenvalue weighted by Crippen LogP contribution is -2.50. The van der Waals surface area contributed by atoms with Gasteiger partial charge in [-0.05, 0) is 28.7 Å². The summed E-state index contributed by atoms with van der Waals surface area (Å²) in [6, 6.07) is 1.92. The molecule has 19 heavy (non-hydrogen) atoms. The highest BCUT2D eigenvalue weighted by Gasteiger charge is 2.23. The summed E-state index contributed by atoms with van der Waals surface area (Å²) >= 11 is 3.81. The Morgan fingerprint density at radius 2 is 2.05 bits per heavy atom. The number of nitrogens with zero attached hydrogens (tertiary/aromatic N) is 2. The van der Waals surface area contributed by atoms with Crippen molar-refractivity contribution in [3.63, 3.8) is 0 Å². The minimum Gasteiger partial charge on any atom is -0.358 e. The molecule has 0 saturated carbocycles. The molecule has 1 saturated heterocycles. The lowest BCUT2D eigenvalue weighted by molar-refractivity contribution is -0.122. The fourth-order valence-corrected chi connectivity index (χ4v) is 3.32. The number of carbonyl (C=O) groups excluding carboxylic acids is 2. The second kappa shape index (κ2) is 6.67. The Morgan fingerprint density at radius 3 is 2.58 bits per heavy atom. The highest BCUT2D eigenvalue weighted by atomic mass is 127. The van der Waals surface area contributed by atoms with Crippen LogP contribution in [-0.4, -0.2) is 61.4 Å². The van der Waals surface area contributed by atoms with E-state index < -0.39 is 0 Å². The molecule has 0 radical (unpaired) electrons. The number of amides is 2. The van der Waals surface area contributed by atoms with E-state index >= 15 is 0 Å². The fraction of sp³-hybridized carbons (Fsp3) is 0.500. The van der Waals surface area contributed by atoms with Gasteiger partial charge in [-0.15, -0.1) is 11.3 Å². The lowest BCUT2D eigenvalue weighted by atomic mass is 10.2. The van der Waals surface area contributed by atoms with Gasteiger partial charge in [-0.2, -0.15) is 0 Å². The normalized spacial score (nSPS) is 16.4. The van der Waals surface area contributed by atoms with E-state index in [0.717, 1.165) is 21.5 Å². The Labute approximate surface area is 130 Å². The van der Waals surface area contributed by atoms with Gasteiger partial charge in [-0.1, -0.05) is 0 Å². The Balaban J connectivity index is 1.86. The standard InChI is InChI=1S/C12H16IN3O2S/c1-14-11(17)7-15-2-4-16(5-3-15)12(18)9-6-10(13)19-8-9/h6,8H,2-5,7H2,1H3,(H,14,17). The zero-order valence-electron chi connectivity index (χ0n) is 10.7. The fourth-order valence-electron chi connectivity index (χ4n) is 2.00. The second-order valence-corrected chi connectivity index (χ2v) is 7.19. The SMILES string of the molecule is CNC(=O)CN1CCN(C(=O)c2csc(I)c2)CC1. The van der Waals surface area contributed by atoms with Crippen molar-refractivity contribution >= 4 is 45.7 Å². The van der Waals surface area contributed by atoms with Crippen molar-refractivity contribution in [1.82, 2.24) is 15.1 Å². The maximum Gasteiger partial charge on any atom is 0.254 e. The van der Waals surface area contributed by atoms with Crippen LogP contribution >= 0.6 is 33.9 Å². The molecule has 2 heterocycles. The van der Waals surface area contributed by atoms with Crippen molar-refractivity contribution < 1.29 is 9.59 Å². The number of piperazine rings is 1. The van der Waals surface area contributed by atoms with E-state index in [9.17, 15) is 9.59 Å². The third kappa shape index (κ3) is 3.90. The first kappa shape index (κ1) is 14.7. The number of likely N-dealkylation sites (N-methyl/N-ethyl adjacent to an activating group) is 1. The van der Waals surface area contributed by atoms with Gasteiger partial charge in [0.15, 0.2) is 0 Å². The number of halogens is 1. The number of carbonyl (C=O) groups is 2. The first-order valence-corrected chi connectivity index (χ1v) is 8.02. The zero-order chi connectivity index (χ0) is 13.8. The lowest BCUT2D eigenvalue weighted by Gasteiger charge is -2.34. The average Bonchev–Trinajstić information content (AvgIpc) is 2.85. The number of hydrogen-bond acceptors (Lipinski definition) is 4. The van der Waals surface area contributed by atoms with E-state index in [-0.39, 0.29) is 11.8 Å². The van der Waals surface area contributed by atoms with Crippen molar-refractivity contribution in [1.29, 1.82) is 0 Å². The molecule has 0 aliphatic carbocycles. The summed E-state index contributed by atoms with van der Waals surface area (Å²) in [5, 5.41) is 4.52. The van der Waals surface area contributed by atoms with Gasteiger partial charge in [0.2, 0.25) is 5.91 Å². The van der Waals surface area contributed by atoms with E-state index in [1.54, 1.807) is 18.4 Å². The molecular formula is C12H16IN3O2S.